The quantitative estimate of drug-likeness (QED) is 0.718. The number of ether oxygens (including phenoxy) is 1. The molecule has 1 aliphatic rings. The van der Waals surface area contributed by atoms with Gasteiger partial charge in [0, 0.05) is 25.8 Å². The van der Waals surface area contributed by atoms with Crippen LogP contribution in [0.3, 0.4) is 0 Å². The van der Waals surface area contributed by atoms with E-state index in [-0.39, 0.29) is 42.2 Å². The Morgan fingerprint density at radius 2 is 2.22 bits per heavy atom. The van der Waals surface area contributed by atoms with Crippen LogP contribution in [0.2, 0.25) is 0 Å². The number of aromatic amines is 1. The van der Waals surface area contributed by atoms with Crippen LogP contribution in [-0.4, -0.2) is 41.3 Å². The topological polar surface area (TPSA) is 96.1 Å². The van der Waals surface area contributed by atoms with E-state index in [2.05, 4.69) is 20.8 Å². The number of nitrogens with zero attached hydrogens (tertiary/aromatic N) is 1. The summed E-state index contributed by atoms with van der Waals surface area (Å²) in [5, 5.41) is 12.2. The van der Waals surface area contributed by atoms with Gasteiger partial charge in [0.1, 0.15) is 5.82 Å². The van der Waals surface area contributed by atoms with Gasteiger partial charge in [-0.25, -0.2) is 4.39 Å². The van der Waals surface area contributed by atoms with E-state index in [1.165, 1.54) is 24.5 Å². The fourth-order valence-corrected chi connectivity index (χ4v) is 3.40. The highest BCUT2D eigenvalue weighted by Gasteiger charge is 2.35. The fourth-order valence-electron chi connectivity index (χ4n) is 3.40. The number of benzene rings is 1. The van der Waals surface area contributed by atoms with Gasteiger partial charge >= 0.3 is 0 Å². The van der Waals surface area contributed by atoms with E-state index < -0.39 is 0 Å². The zero-order valence-electron chi connectivity index (χ0n) is 15.1. The average Bonchev–Trinajstić information content (AvgIpc) is 3.21. The number of carbonyl (C=O) groups excluding carboxylic acids is 2. The lowest BCUT2D eigenvalue weighted by molar-refractivity contribution is -0.128. The van der Waals surface area contributed by atoms with Crippen LogP contribution in [0, 0.1) is 11.7 Å². The summed E-state index contributed by atoms with van der Waals surface area (Å²) in [6.07, 6.45) is 4.54. The summed E-state index contributed by atoms with van der Waals surface area (Å²) in [4.78, 5) is 24.7. The van der Waals surface area contributed by atoms with Crippen LogP contribution in [0.15, 0.2) is 36.7 Å². The predicted molar refractivity (Wildman–Crippen MR) is 96.2 cm³/mol. The average molecular weight is 374 g/mol. The molecule has 0 saturated heterocycles. The molecule has 0 spiro atoms. The van der Waals surface area contributed by atoms with Crippen molar-refractivity contribution in [2.45, 2.75) is 38.0 Å². The molecule has 0 bridgehead atoms. The summed E-state index contributed by atoms with van der Waals surface area (Å²) in [6, 6.07) is 5.99. The normalized spacial score (nSPS) is 22.2. The molecule has 27 heavy (non-hydrogen) atoms. The summed E-state index contributed by atoms with van der Waals surface area (Å²) in [6.45, 7) is 0.283. The first-order valence-electron chi connectivity index (χ1n) is 8.91. The SMILES string of the molecule is CO[C@H]1C[C@@H](C(=O)NCc2cccc(F)c2)CC[C@@H]1NC(=O)c1cn[nH]c1. The van der Waals surface area contributed by atoms with E-state index in [4.69, 9.17) is 4.74 Å². The molecule has 1 heterocycles. The maximum atomic E-state index is 13.2. The molecule has 1 fully saturated rings. The van der Waals surface area contributed by atoms with Gasteiger partial charge in [-0.3, -0.25) is 14.7 Å². The van der Waals surface area contributed by atoms with Crippen LogP contribution in [0.5, 0.6) is 0 Å². The van der Waals surface area contributed by atoms with Gasteiger partial charge in [-0.1, -0.05) is 12.1 Å². The minimum Gasteiger partial charge on any atom is -0.379 e. The lowest BCUT2D eigenvalue weighted by Gasteiger charge is -2.35. The Hall–Kier alpha value is -2.74. The number of hydrogen-bond donors (Lipinski definition) is 3. The van der Waals surface area contributed by atoms with Gasteiger partial charge in [0.2, 0.25) is 5.91 Å². The number of H-pyrrole nitrogens is 1. The van der Waals surface area contributed by atoms with Gasteiger partial charge in [-0.2, -0.15) is 5.10 Å². The van der Waals surface area contributed by atoms with Crippen molar-refractivity contribution >= 4 is 11.8 Å². The number of carbonyl (C=O) groups is 2. The highest BCUT2D eigenvalue weighted by molar-refractivity contribution is 5.93. The summed E-state index contributed by atoms with van der Waals surface area (Å²) >= 11 is 0. The Balaban J connectivity index is 1.52. The number of aromatic nitrogens is 2. The first kappa shape index (κ1) is 19.0. The maximum absolute atomic E-state index is 13.2. The Labute approximate surface area is 156 Å². The van der Waals surface area contributed by atoms with E-state index in [0.29, 0.717) is 30.4 Å². The summed E-state index contributed by atoms with van der Waals surface area (Å²) in [5.41, 5.74) is 1.17. The van der Waals surface area contributed by atoms with E-state index in [1.54, 1.807) is 19.2 Å². The lowest BCUT2D eigenvalue weighted by atomic mass is 9.83. The van der Waals surface area contributed by atoms with E-state index in [9.17, 15) is 14.0 Å². The molecule has 2 aromatic rings. The van der Waals surface area contributed by atoms with Gasteiger partial charge in [-0.15, -0.1) is 0 Å². The van der Waals surface area contributed by atoms with Gasteiger partial charge < -0.3 is 15.4 Å². The molecule has 7 nitrogen and oxygen atoms in total. The molecular weight excluding hydrogens is 351 g/mol. The number of rotatable bonds is 6. The molecule has 0 aliphatic heterocycles. The largest absolute Gasteiger partial charge is 0.379 e. The number of nitrogens with one attached hydrogen (secondary N) is 3. The number of methoxy groups -OCH3 is 1. The van der Waals surface area contributed by atoms with E-state index >= 15 is 0 Å². The van der Waals surface area contributed by atoms with Crippen LogP contribution in [0.25, 0.3) is 0 Å². The van der Waals surface area contributed by atoms with Gasteiger partial charge in [0.15, 0.2) is 0 Å². The molecule has 0 radical (unpaired) electrons. The molecule has 3 N–H and O–H groups in total. The van der Waals surface area contributed by atoms with Crippen molar-refractivity contribution in [3.63, 3.8) is 0 Å². The second-order valence-electron chi connectivity index (χ2n) is 6.70. The Bertz CT molecular complexity index is 781. The third kappa shape index (κ3) is 4.91. The summed E-state index contributed by atoms with van der Waals surface area (Å²) < 4.78 is 18.7. The Kier molecular flexibility index (Phi) is 6.18. The molecule has 1 aromatic carbocycles. The summed E-state index contributed by atoms with van der Waals surface area (Å²) in [5.74, 6) is -0.827. The van der Waals surface area contributed by atoms with Gasteiger partial charge in [-0.05, 0) is 37.0 Å². The molecular formula is C19H23FN4O3. The number of hydrogen-bond acceptors (Lipinski definition) is 4. The van der Waals surface area contributed by atoms with Gasteiger partial charge in [0.05, 0.1) is 23.9 Å². The molecule has 3 rings (SSSR count). The lowest BCUT2D eigenvalue weighted by Crippen LogP contribution is -2.49. The van der Waals surface area contributed by atoms with Crippen LogP contribution >= 0.6 is 0 Å². The minimum atomic E-state index is -0.324. The molecule has 3 atom stereocenters. The van der Waals surface area contributed by atoms with Crippen molar-refractivity contribution in [1.82, 2.24) is 20.8 Å². The number of halogens is 1. The first-order chi connectivity index (χ1) is 13.1. The molecule has 0 unspecified atom stereocenters. The van der Waals surface area contributed by atoms with Crippen molar-refractivity contribution in [3.05, 3.63) is 53.6 Å². The smallest absolute Gasteiger partial charge is 0.254 e. The van der Waals surface area contributed by atoms with Crippen molar-refractivity contribution in [2.75, 3.05) is 7.11 Å². The van der Waals surface area contributed by atoms with Crippen molar-refractivity contribution in [1.29, 1.82) is 0 Å². The molecule has 8 heteroatoms. The number of amides is 2. The molecule has 2 amide bonds. The van der Waals surface area contributed by atoms with Crippen LogP contribution in [-0.2, 0) is 16.1 Å². The Morgan fingerprint density at radius 1 is 1.37 bits per heavy atom. The molecule has 144 valence electrons. The summed E-state index contributed by atoms with van der Waals surface area (Å²) in [7, 11) is 1.58. The van der Waals surface area contributed by atoms with Gasteiger partial charge in [0.25, 0.3) is 5.91 Å². The Morgan fingerprint density at radius 3 is 2.93 bits per heavy atom. The second-order valence-corrected chi connectivity index (χ2v) is 6.70. The highest BCUT2D eigenvalue weighted by atomic mass is 19.1. The van der Waals surface area contributed by atoms with Crippen LogP contribution in [0.4, 0.5) is 4.39 Å². The van der Waals surface area contributed by atoms with Crippen LogP contribution < -0.4 is 10.6 Å². The van der Waals surface area contributed by atoms with Crippen molar-refractivity contribution in [2.24, 2.45) is 5.92 Å². The third-order valence-electron chi connectivity index (χ3n) is 4.90. The zero-order valence-corrected chi connectivity index (χ0v) is 15.1. The minimum absolute atomic E-state index is 0.0825. The first-order valence-corrected chi connectivity index (χ1v) is 8.91. The molecule has 1 aliphatic carbocycles. The monoisotopic (exact) mass is 374 g/mol. The standard InChI is InChI=1S/C19H23FN4O3/c1-27-17-8-13(18(25)21-9-12-3-2-4-15(20)7-12)5-6-16(17)24-19(26)14-10-22-23-11-14/h2-4,7,10-11,13,16-17H,5-6,8-9H2,1H3,(H,21,25)(H,22,23)(H,24,26)/t13-,16-,17-/m0/s1. The van der Waals surface area contributed by atoms with Crippen molar-refractivity contribution in [3.8, 4) is 0 Å². The molecule has 1 saturated carbocycles. The van der Waals surface area contributed by atoms with Crippen molar-refractivity contribution < 1.29 is 18.7 Å². The van der Waals surface area contributed by atoms with Crippen LogP contribution in [0.1, 0.15) is 35.2 Å². The third-order valence-corrected chi connectivity index (χ3v) is 4.90. The predicted octanol–water partition coefficient (Wildman–Crippen LogP) is 1.78. The second kappa shape index (κ2) is 8.77. The fraction of sp³-hybridized carbons (Fsp3) is 0.421. The molecule has 1 aromatic heterocycles. The maximum Gasteiger partial charge on any atom is 0.254 e. The van der Waals surface area contributed by atoms with E-state index in [0.717, 1.165) is 0 Å². The zero-order chi connectivity index (χ0) is 19.2. The van der Waals surface area contributed by atoms with E-state index in [1.807, 2.05) is 0 Å². The highest BCUT2D eigenvalue weighted by Crippen LogP contribution is 2.27.